The first-order valence-electron chi connectivity index (χ1n) is 7.80. The number of piperazine rings is 1. The first kappa shape index (κ1) is 16.5. The van der Waals surface area contributed by atoms with Gasteiger partial charge in [-0.05, 0) is 19.1 Å². The van der Waals surface area contributed by atoms with Gasteiger partial charge in [-0.1, -0.05) is 25.5 Å². The summed E-state index contributed by atoms with van der Waals surface area (Å²) in [5.41, 5.74) is 2.07. The summed E-state index contributed by atoms with van der Waals surface area (Å²) < 4.78 is 0. The zero-order chi connectivity index (χ0) is 15.2. The fourth-order valence-electron chi connectivity index (χ4n) is 2.55. The van der Waals surface area contributed by atoms with Crippen molar-refractivity contribution in [1.29, 1.82) is 0 Å². The molecule has 0 radical (unpaired) electrons. The average molecular weight is 306 g/mol. The molecule has 0 amide bonds. The van der Waals surface area contributed by atoms with Gasteiger partial charge in [-0.15, -0.1) is 11.8 Å². The molecule has 0 spiro atoms. The van der Waals surface area contributed by atoms with Gasteiger partial charge in [0.1, 0.15) is 0 Å². The van der Waals surface area contributed by atoms with Gasteiger partial charge >= 0.3 is 0 Å². The summed E-state index contributed by atoms with van der Waals surface area (Å²) in [5, 5.41) is 3.84. The predicted octanol–water partition coefficient (Wildman–Crippen LogP) is 2.97. The molecule has 0 bridgehead atoms. The van der Waals surface area contributed by atoms with Crippen LogP contribution < -0.4 is 5.32 Å². The molecule has 1 saturated heterocycles. The topological polar surface area (TPSA) is 32.3 Å². The number of carbonyl (C=O) groups is 1. The fraction of sp³-hybridized carbons (Fsp3) is 0.588. The van der Waals surface area contributed by atoms with E-state index in [2.05, 4.69) is 43.1 Å². The highest BCUT2D eigenvalue weighted by atomic mass is 32.2. The van der Waals surface area contributed by atoms with Crippen molar-refractivity contribution in [2.24, 2.45) is 0 Å². The van der Waals surface area contributed by atoms with E-state index >= 15 is 0 Å². The van der Waals surface area contributed by atoms with Crippen LogP contribution in [0.3, 0.4) is 0 Å². The first-order valence-corrected chi connectivity index (χ1v) is 8.68. The fourth-order valence-corrected chi connectivity index (χ4v) is 3.50. The van der Waals surface area contributed by atoms with Gasteiger partial charge in [0, 0.05) is 54.9 Å². The van der Waals surface area contributed by atoms with E-state index in [4.69, 9.17) is 0 Å². The molecule has 116 valence electrons. The van der Waals surface area contributed by atoms with Crippen LogP contribution in [0.25, 0.3) is 0 Å². The lowest BCUT2D eigenvalue weighted by molar-refractivity contribution is 0.0957. The van der Waals surface area contributed by atoms with Gasteiger partial charge < -0.3 is 10.2 Å². The number of ketones is 1. The Morgan fingerprint density at radius 3 is 2.71 bits per heavy atom. The van der Waals surface area contributed by atoms with Crippen LogP contribution >= 0.6 is 11.8 Å². The second kappa shape index (κ2) is 7.97. The van der Waals surface area contributed by atoms with Gasteiger partial charge in [0.05, 0.1) is 0 Å². The monoisotopic (exact) mass is 306 g/mol. The number of carbonyl (C=O) groups excluding carboxylic acids is 1. The van der Waals surface area contributed by atoms with Crippen LogP contribution in [0.1, 0.15) is 36.2 Å². The van der Waals surface area contributed by atoms with Crippen molar-refractivity contribution in [1.82, 2.24) is 10.2 Å². The Morgan fingerprint density at radius 1 is 1.33 bits per heavy atom. The smallest absolute Gasteiger partial charge is 0.165 e. The molecular formula is C17H26N2OS. The van der Waals surface area contributed by atoms with Gasteiger partial charge in [-0.2, -0.15) is 0 Å². The van der Waals surface area contributed by atoms with E-state index in [-0.39, 0.29) is 5.78 Å². The predicted molar refractivity (Wildman–Crippen MR) is 90.4 cm³/mol. The number of hydrogen-bond donors (Lipinski definition) is 1. The van der Waals surface area contributed by atoms with Crippen molar-refractivity contribution in [2.45, 2.75) is 37.3 Å². The third kappa shape index (κ3) is 5.13. The lowest BCUT2D eigenvalue weighted by Crippen LogP contribution is -2.44. The number of Topliss-reactive ketones (excluding diaryl/α,β-unsaturated/α-hetero) is 1. The van der Waals surface area contributed by atoms with Crippen molar-refractivity contribution in [3.63, 3.8) is 0 Å². The van der Waals surface area contributed by atoms with E-state index in [1.165, 1.54) is 0 Å². The molecule has 0 aromatic heterocycles. The third-order valence-electron chi connectivity index (χ3n) is 3.66. The highest BCUT2D eigenvalue weighted by Crippen LogP contribution is 2.28. The number of nitrogens with one attached hydrogen (secondary N) is 1. The maximum absolute atomic E-state index is 12.6. The van der Waals surface area contributed by atoms with Gasteiger partial charge in [-0.3, -0.25) is 4.79 Å². The molecule has 21 heavy (non-hydrogen) atoms. The lowest BCUT2D eigenvalue weighted by atomic mass is 10.1. The Kier molecular flexibility index (Phi) is 6.27. The van der Waals surface area contributed by atoms with Crippen LogP contribution in [0, 0.1) is 6.92 Å². The highest BCUT2D eigenvalue weighted by molar-refractivity contribution is 8.00. The first-order chi connectivity index (χ1) is 10.1. The molecule has 1 N–H and O–H groups in total. The number of benzene rings is 1. The number of thioether (sulfide) groups is 1. The van der Waals surface area contributed by atoms with E-state index in [0.29, 0.717) is 11.7 Å². The Morgan fingerprint density at radius 2 is 2.05 bits per heavy atom. The number of rotatable bonds is 6. The summed E-state index contributed by atoms with van der Waals surface area (Å²) in [5.74, 6) is 0.278. The van der Waals surface area contributed by atoms with E-state index < -0.39 is 0 Å². The molecule has 0 saturated carbocycles. The zero-order valence-electron chi connectivity index (χ0n) is 13.3. The Labute approximate surface area is 132 Å². The normalized spacial score (nSPS) is 16.4. The van der Waals surface area contributed by atoms with Gasteiger partial charge in [0.2, 0.25) is 0 Å². The van der Waals surface area contributed by atoms with Crippen molar-refractivity contribution in [3.05, 3.63) is 29.3 Å². The number of nitrogens with zero attached hydrogens (tertiary/aromatic N) is 1. The molecule has 3 nitrogen and oxygen atoms in total. The molecule has 2 rings (SSSR count). The van der Waals surface area contributed by atoms with Crippen LogP contribution in [0.4, 0.5) is 0 Å². The molecule has 1 aliphatic heterocycles. The van der Waals surface area contributed by atoms with Crippen LogP contribution in [0.2, 0.25) is 0 Å². The maximum Gasteiger partial charge on any atom is 0.165 e. The van der Waals surface area contributed by atoms with Gasteiger partial charge in [0.25, 0.3) is 0 Å². The van der Waals surface area contributed by atoms with E-state index in [1.54, 1.807) is 11.8 Å². The molecule has 0 unspecified atom stereocenters. The van der Waals surface area contributed by atoms with E-state index in [1.807, 2.05) is 6.07 Å². The van der Waals surface area contributed by atoms with Crippen molar-refractivity contribution >= 4 is 17.5 Å². The Bertz CT molecular complexity index is 482. The zero-order valence-corrected chi connectivity index (χ0v) is 14.1. The summed E-state index contributed by atoms with van der Waals surface area (Å²) in [7, 11) is 0. The minimum absolute atomic E-state index is 0.278. The SMILES string of the molecule is Cc1ccc(SC(C)C)c(C(=O)CCN2CCNCC2)c1. The molecule has 0 atom stereocenters. The standard InChI is InChI=1S/C17H26N2OS/c1-13(2)21-17-5-4-14(3)12-15(17)16(20)6-9-19-10-7-18-8-11-19/h4-5,12-13,18H,6-11H2,1-3H3. The molecule has 4 heteroatoms. The Balaban J connectivity index is 2.01. The van der Waals surface area contributed by atoms with Crippen LogP contribution in [-0.4, -0.2) is 48.7 Å². The van der Waals surface area contributed by atoms with E-state index in [0.717, 1.165) is 48.7 Å². The number of hydrogen-bond acceptors (Lipinski definition) is 4. The molecule has 1 fully saturated rings. The summed E-state index contributed by atoms with van der Waals surface area (Å²) in [6.45, 7) is 11.4. The summed E-state index contributed by atoms with van der Waals surface area (Å²) >= 11 is 1.78. The van der Waals surface area contributed by atoms with Gasteiger partial charge in [-0.25, -0.2) is 0 Å². The van der Waals surface area contributed by atoms with Crippen molar-refractivity contribution in [3.8, 4) is 0 Å². The quantitative estimate of drug-likeness (QED) is 0.647. The maximum atomic E-state index is 12.6. The molecular weight excluding hydrogens is 280 g/mol. The van der Waals surface area contributed by atoms with Crippen molar-refractivity contribution < 1.29 is 4.79 Å². The summed E-state index contributed by atoms with van der Waals surface area (Å²) in [4.78, 5) is 16.1. The largest absolute Gasteiger partial charge is 0.314 e. The minimum Gasteiger partial charge on any atom is -0.314 e. The highest BCUT2D eigenvalue weighted by Gasteiger charge is 2.16. The second-order valence-corrected chi connectivity index (χ2v) is 7.55. The molecule has 1 aliphatic rings. The van der Waals surface area contributed by atoms with Crippen LogP contribution in [0.15, 0.2) is 23.1 Å². The molecule has 1 aromatic rings. The molecule has 1 aromatic carbocycles. The van der Waals surface area contributed by atoms with Crippen LogP contribution in [-0.2, 0) is 0 Å². The minimum atomic E-state index is 0.278. The second-order valence-electron chi connectivity index (χ2n) is 5.93. The average Bonchev–Trinajstić information content (AvgIpc) is 2.47. The summed E-state index contributed by atoms with van der Waals surface area (Å²) in [6.07, 6.45) is 0.620. The van der Waals surface area contributed by atoms with Crippen molar-refractivity contribution in [2.75, 3.05) is 32.7 Å². The van der Waals surface area contributed by atoms with Crippen LogP contribution in [0.5, 0.6) is 0 Å². The van der Waals surface area contributed by atoms with Gasteiger partial charge in [0.15, 0.2) is 5.78 Å². The third-order valence-corrected chi connectivity index (χ3v) is 4.74. The Hall–Kier alpha value is -0.840. The molecule has 0 aliphatic carbocycles. The molecule has 1 heterocycles. The lowest BCUT2D eigenvalue weighted by Gasteiger charge is -2.26. The summed E-state index contributed by atoms with van der Waals surface area (Å²) in [6, 6.07) is 6.24. The number of aryl methyl sites for hydroxylation is 1. The van der Waals surface area contributed by atoms with E-state index in [9.17, 15) is 4.79 Å².